The second-order valence-electron chi connectivity index (χ2n) is 7.34. The van der Waals surface area contributed by atoms with Gasteiger partial charge in [0.1, 0.15) is 0 Å². The minimum Gasteiger partial charge on any atom is -0.361 e. The van der Waals surface area contributed by atoms with Gasteiger partial charge in [-0.3, -0.25) is 4.98 Å². The fourth-order valence-corrected chi connectivity index (χ4v) is 3.66. The van der Waals surface area contributed by atoms with Crippen molar-refractivity contribution in [3.8, 4) is 22.4 Å². The molecule has 0 aliphatic rings. The monoisotopic (exact) mass is 355 g/mol. The fourth-order valence-electron chi connectivity index (χ4n) is 3.66. The van der Waals surface area contributed by atoms with Crippen LogP contribution >= 0.6 is 0 Å². The summed E-state index contributed by atoms with van der Waals surface area (Å²) >= 11 is 0. The minimum atomic E-state index is 1.02. The Labute approximate surface area is 160 Å². The predicted molar refractivity (Wildman–Crippen MR) is 114 cm³/mol. The summed E-state index contributed by atoms with van der Waals surface area (Å²) in [7, 11) is 4.23. The van der Waals surface area contributed by atoms with Crippen molar-refractivity contribution in [1.82, 2.24) is 14.9 Å². The zero-order chi connectivity index (χ0) is 18.8. The number of hydrogen-bond donors (Lipinski definition) is 1. The molecule has 2 heterocycles. The SMILES string of the molecule is Cc1cccc(-c2ccc3[nH]cc(CCN(C)C)c3c2)c1-c1ccccn1. The van der Waals surface area contributed by atoms with E-state index in [1.165, 1.54) is 38.7 Å². The van der Waals surface area contributed by atoms with Crippen molar-refractivity contribution < 1.29 is 0 Å². The molecule has 0 amide bonds. The number of fused-ring (bicyclic) bond motifs is 1. The Morgan fingerprint density at radius 2 is 1.89 bits per heavy atom. The molecule has 27 heavy (non-hydrogen) atoms. The van der Waals surface area contributed by atoms with Gasteiger partial charge in [-0.05, 0) is 74.0 Å². The molecular formula is C24H25N3. The van der Waals surface area contributed by atoms with E-state index in [-0.39, 0.29) is 0 Å². The van der Waals surface area contributed by atoms with Gasteiger partial charge in [0.2, 0.25) is 0 Å². The van der Waals surface area contributed by atoms with E-state index >= 15 is 0 Å². The Morgan fingerprint density at radius 3 is 2.67 bits per heavy atom. The molecule has 0 fully saturated rings. The van der Waals surface area contributed by atoms with Gasteiger partial charge in [-0.2, -0.15) is 0 Å². The number of nitrogens with zero attached hydrogens (tertiary/aromatic N) is 2. The number of aromatic amines is 1. The molecule has 0 saturated carbocycles. The molecule has 3 nitrogen and oxygen atoms in total. The van der Waals surface area contributed by atoms with E-state index in [9.17, 15) is 0 Å². The smallest absolute Gasteiger partial charge is 0.0710 e. The molecule has 4 aromatic rings. The summed E-state index contributed by atoms with van der Waals surface area (Å²) < 4.78 is 0. The summed E-state index contributed by atoms with van der Waals surface area (Å²) in [5.41, 5.74) is 8.50. The summed E-state index contributed by atoms with van der Waals surface area (Å²) in [5, 5.41) is 1.31. The largest absolute Gasteiger partial charge is 0.361 e. The molecular weight excluding hydrogens is 330 g/mol. The Morgan fingerprint density at radius 1 is 1.00 bits per heavy atom. The number of likely N-dealkylation sites (N-methyl/N-ethyl adjacent to an activating group) is 1. The standard InChI is InChI=1S/C24H25N3/c1-17-7-6-8-20(24(17)23-9-4-5-13-25-23)18-10-11-22-21(15-18)19(16-26-22)12-14-27(2)3/h4-11,13,15-16,26H,12,14H2,1-3H3. The number of pyridine rings is 1. The van der Waals surface area contributed by atoms with Crippen LogP contribution < -0.4 is 0 Å². The highest BCUT2D eigenvalue weighted by molar-refractivity contribution is 5.92. The van der Waals surface area contributed by atoms with Crippen LogP contribution in [0.4, 0.5) is 0 Å². The number of aromatic nitrogens is 2. The van der Waals surface area contributed by atoms with Crippen molar-refractivity contribution in [3.63, 3.8) is 0 Å². The van der Waals surface area contributed by atoms with Gasteiger partial charge in [0.25, 0.3) is 0 Å². The van der Waals surface area contributed by atoms with Crippen LogP contribution in [0.5, 0.6) is 0 Å². The van der Waals surface area contributed by atoms with Gasteiger partial charge in [-0.25, -0.2) is 0 Å². The molecule has 1 N–H and O–H groups in total. The Bertz CT molecular complexity index is 1060. The Balaban J connectivity index is 1.83. The maximum absolute atomic E-state index is 4.60. The number of aryl methyl sites for hydroxylation is 1. The van der Waals surface area contributed by atoms with Crippen LogP contribution in [0, 0.1) is 6.92 Å². The Kier molecular flexibility index (Phi) is 4.78. The van der Waals surface area contributed by atoms with Crippen molar-refractivity contribution in [2.24, 2.45) is 0 Å². The number of benzene rings is 2. The number of H-pyrrole nitrogens is 1. The molecule has 2 aromatic carbocycles. The molecule has 0 atom stereocenters. The van der Waals surface area contributed by atoms with Crippen LogP contribution in [0.25, 0.3) is 33.3 Å². The van der Waals surface area contributed by atoms with E-state index in [4.69, 9.17) is 0 Å². The third kappa shape index (κ3) is 3.51. The van der Waals surface area contributed by atoms with Crippen molar-refractivity contribution in [2.75, 3.05) is 20.6 Å². The van der Waals surface area contributed by atoms with Crippen molar-refractivity contribution in [1.29, 1.82) is 0 Å². The van der Waals surface area contributed by atoms with Gasteiger partial charge >= 0.3 is 0 Å². The normalized spacial score (nSPS) is 11.4. The third-order valence-corrected chi connectivity index (χ3v) is 5.10. The lowest BCUT2D eigenvalue weighted by atomic mass is 9.92. The third-order valence-electron chi connectivity index (χ3n) is 5.10. The maximum atomic E-state index is 4.60. The van der Waals surface area contributed by atoms with Gasteiger partial charge in [-0.15, -0.1) is 0 Å². The molecule has 0 bridgehead atoms. The molecule has 0 radical (unpaired) electrons. The number of hydrogen-bond acceptors (Lipinski definition) is 2. The first-order valence-corrected chi connectivity index (χ1v) is 9.39. The second kappa shape index (κ2) is 7.37. The molecule has 0 unspecified atom stereocenters. The Hall–Kier alpha value is -2.91. The van der Waals surface area contributed by atoms with Crippen LogP contribution in [0.1, 0.15) is 11.1 Å². The number of nitrogens with one attached hydrogen (secondary N) is 1. The summed E-state index contributed by atoms with van der Waals surface area (Å²) in [5.74, 6) is 0. The highest BCUT2D eigenvalue weighted by Crippen LogP contribution is 2.35. The quantitative estimate of drug-likeness (QED) is 0.526. The summed E-state index contributed by atoms with van der Waals surface area (Å²) in [6.07, 6.45) is 5.05. The van der Waals surface area contributed by atoms with Crippen LogP contribution in [0.15, 0.2) is 67.0 Å². The van der Waals surface area contributed by atoms with E-state index in [1.807, 2.05) is 18.3 Å². The van der Waals surface area contributed by atoms with E-state index in [0.29, 0.717) is 0 Å². The lowest BCUT2D eigenvalue weighted by molar-refractivity contribution is 0.414. The van der Waals surface area contributed by atoms with Gasteiger partial charge in [-0.1, -0.05) is 30.3 Å². The molecule has 3 heteroatoms. The summed E-state index contributed by atoms with van der Waals surface area (Å²) in [6, 6.07) is 19.3. The average Bonchev–Trinajstić information content (AvgIpc) is 3.09. The first-order chi connectivity index (χ1) is 13.1. The van der Waals surface area contributed by atoms with Gasteiger partial charge < -0.3 is 9.88 Å². The van der Waals surface area contributed by atoms with E-state index < -0.39 is 0 Å². The number of rotatable bonds is 5. The minimum absolute atomic E-state index is 1.02. The first kappa shape index (κ1) is 17.5. The van der Waals surface area contributed by atoms with E-state index in [0.717, 1.165) is 18.7 Å². The van der Waals surface area contributed by atoms with Crippen molar-refractivity contribution in [2.45, 2.75) is 13.3 Å². The molecule has 0 aliphatic carbocycles. The topological polar surface area (TPSA) is 31.9 Å². The highest BCUT2D eigenvalue weighted by Gasteiger charge is 2.13. The van der Waals surface area contributed by atoms with Gasteiger partial charge in [0.15, 0.2) is 0 Å². The first-order valence-electron chi connectivity index (χ1n) is 9.39. The van der Waals surface area contributed by atoms with Crippen LogP contribution in [0.3, 0.4) is 0 Å². The summed E-state index contributed by atoms with van der Waals surface area (Å²) in [4.78, 5) is 10.2. The van der Waals surface area contributed by atoms with Gasteiger partial charge in [0, 0.05) is 35.4 Å². The molecule has 4 rings (SSSR count). The second-order valence-corrected chi connectivity index (χ2v) is 7.34. The van der Waals surface area contributed by atoms with Gasteiger partial charge in [0.05, 0.1) is 5.69 Å². The predicted octanol–water partition coefficient (Wildman–Crippen LogP) is 5.31. The fraction of sp³-hybridized carbons (Fsp3) is 0.208. The van der Waals surface area contributed by atoms with E-state index in [2.05, 4.69) is 84.5 Å². The summed E-state index contributed by atoms with van der Waals surface area (Å²) in [6.45, 7) is 3.20. The average molecular weight is 355 g/mol. The van der Waals surface area contributed by atoms with E-state index in [1.54, 1.807) is 0 Å². The maximum Gasteiger partial charge on any atom is 0.0710 e. The van der Waals surface area contributed by atoms with Crippen molar-refractivity contribution in [3.05, 3.63) is 78.1 Å². The van der Waals surface area contributed by atoms with Crippen LogP contribution in [0.2, 0.25) is 0 Å². The lowest BCUT2D eigenvalue weighted by Gasteiger charge is -2.13. The zero-order valence-corrected chi connectivity index (χ0v) is 16.2. The van der Waals surface area contributed by atoms with Crippen LogP contribution in [-0.4, -0.2) is 35.5 Å². The lowest BCUT2D eigenvalue weighted by Crippen LogP contribution is -2.14. The van der Waals surface area contributed by atoms with Crippen molar-refractivity contribution >= 4 is 10.9 Å². The highest BCUT2D eigenvalue weighted by atomic mass is 15.0. The molecule has 2 aromatic heterocycles. The molecule has 0 aliphatic heterocycles. The zero-order valence-electron chi connectivity index (χ0n) is 16.2. The molecule has 136 valence electrons. The van der Waals surface area contributed by atoms with Crippen LogP contribution in [-0.2, 0) is 6.42 Å². The molecule has 0 spiro atoms. The molecule has 0 saturated heterocycles.